The normalized spacial score (nSPS) is 12.1. The lowest BCUT2D eigenvalue weighted by atomic mass is 9.96. The van der Waals surface area contributed by atoms with E-state index in [2.05, 4.69) is 33.1 Å². The number of para-hydroxylation sites is 1. The number of aliphatic carboxylic acids is 1. The second-order valence-electron chi connectivity index (χ2n) is 8.89. The number of H-pyrrole nitrogens is 1. The molecule has 0 aliphatic carbocycles. The van der Waals surface area contributed by atoms with E-state index in [-0.39, 0.29) is 24.8 Å². The molecule has 5 rings (SSSR count). The van der Waals surface area contributed by atoms with Crippen LogP contribution in [0, 0.1) is 0 Å². The van der Waals surface area contributed by atoms with Crippen molar-refractivity contribution < 1.29 is 14.7 Å². The van der Waals surface area contributed by atoms with Crippen molar-refractivity contribution in [3.63, 3.8) is 0 Å². The van der Waals surface area contributed by atoms with Gasteiger partial charge in [-0.1, -0.05) is 54.6 Å². The standard InChI is InChI=1S/C29H27N3O3/c1-32-15-14-21-8-5-9-23(29(21)32)28(20-6-3-2-4-7-20)31-26(33)17-19-10-12-25-24(16-19)22(18-30-25)11-13-27(34)35/h2-10,12,14-16,18,28,30H,11,13,17H2,1H3,(H,31,33)(H,34,35). The largest absolute Gasteiger partial charge is 0.481 e. The summed E-state index contributed by atoms with van der Waals surface area (Å²) in [6.07, 6.45) is 4.63. The Morgan fingerprint density at radius 1 is 1.03 bits per heavy atom. The number of carbonyl (C=O) groups excluding carboxylic acids is 1. The first-order valence-electron chi connectivity index (χ1n) is 11.7. The average Bonchev–Trinajstić information content (AvgIpc) is 3.45. The van der Waals surface area contributed by atoms with E-state index in [4.69, 9.17) is 5.11 Å². The Balaban J connectivity index is 1.43. The number of carboxylic acid groups (broad SMARTS) is 1. The molecule has 5 aromatic rings. The predicted molar refractivity (Wildman–Crippen MR) is 137 cm³/mol. The van der Waals surface area contributed by atoms with Gasteiger partial charge < -0.3 is 20.0 Å². The number of hydrogen-bond donors (Lipinski definition) is 3. The van der Waals surface area contributed by atoms with Crippen molar-refractivity contribution in [1.82, 2.24) is 14.9 Å². The number of carboxylic acids is 1. The quantitative estimate of drug-likeness (QED) is 0.297. The molecule has 176 valence electrons. The number of amides is 1. The summed E-state index contributed by atoms with van der Waals surface area (Å²) in [6.45, 7) is 0. The number of nitrogens with one attached hydrogen (secondary N) is 2. The molecule has 0 spiro atoms. The molecule has 0 aliphatic heterocycles. The van der Waals surface area contributed by atoms with Gasteiger partial charge in [0.05, 0.1) is 18.0 Å². The first-order chi connectivity index (χ1) is 17.0. The Kier molecular flexibility index (Phi) is 6.10. The van der Waals surface area contributed by atoms with Crippen LogP contribution < -0.4 is 5.32 Å². The van der Waals surface area contributed by atoms with Crippen molar-refractivity contribution in [2.24, 2.45) is 7.05 Å². The van der Waals surface area contributed by atoms with Crippen molar-refractivity contribution in [3.8, 4) is 0 Å². The van der Waals surface area contributed by atoms with Crippen LogP contribution in [0.25, 0.3) is 21.8 Å². The summed E-state index contributed by atoms with van der Waals surface area (Å²) in [7, 11) is 2.02. The highest BCUT2D eigenvalue weighted by molar-refractivity contribution is 5.88. The second-order valence-corrected chi connectivity index (χ2v) is 8.89. The SMILES string of the molecule is Cn1ccc2cccc(C(NC(=O)Cc3ccc4[nH]cc(CCC(=O)O)c4c3)c3ccccc3)c21. The summed E-state index contributed by atoms with van der Waals surface area (Å²) in [5.41, 5.74) is 5.93. The van der Waals surface area contributed by atoms with Crippen LogP contribution in [-0.4, -0.2) is 26.5 Å². The molecule has 3 N–H and O–H groups in total. The molecular formula is C29H27N3O3. The van der Waals surface area contributed by atoms with Gasteiger partial charge in [0.15, 0.2) is 0 Å². The van der Waals surface area contributed by atoms with Gasteiger partial charge in [0.2, 0.25) is 5.91 Å². The monoisotopic (exact) mass is 465 g/mol. The van der Waals surface area contributed by atoms with Gasteiger partial charge in [-0.25, -0.2) is 0 Å². The van der Waals surface area contributed by atoms with E-state index in [9.17, 15) is 9.59 Å². The molecule has 1 amide bonds. The van der Waals surface area contributed by atoms with Gasteiger partial charge in [0.1, 0.15) is 0 Å². The molecule has 2 heterocycles. The summed E-state index contributed by atoms with van der Waals surface area (Å²) in [6, 6.07) is 23.8. The molecule has 1 unspecified atom stereocenters. The van der Waals surface area contributed by atoms with Crippen LogP contribution in [0.15, 0.2) is 85.2 Å². The molecule has 3 aromatic carbocycles. The zero-order valence-electron chi connectivity index (χ0n) is 19.5. The fourth-order valence-corrected chi connectivity index (χ4v) is 4.79. The van der Waals surface area contributed by atoms with E-state index in [1.54, 1.807) is 0 Å². The molecular weight excluding hydrogens is 438 g/mol. The van der Waals surface area contributed by atoms with Crippen molar-refractivity contribution in [2.75, 3.05) is 0 Å². The Hall–Kier alpha value is -4.32. The summed E-state index contributed by atoms with van der Waals surface area (Å²) in [4.78, 5) is 27.5. The predicted octanol–water partition coefficient (Wildman–Crippen LogP) is 5.13. The van der Waals surface area contributed by atoms with Crippen LogP contribution in [0.2, 0.25) is 0 Å². The minimum atomic E-state index is -0.824. The molecule has 0 saturated carbocycles. The summed E-state index contributed by atoms with van der Waals surface area (Å²) < 4.78 is 2.09. The maximum absolute atomic E-state index is 13.3. The van der Waals surface area contributed by atoms with Crippen molar-refractivity contribution >= 4 is 33.7 Å². The third-order valence-corrected chi connectivity index (χ3v) is 6.48. The van der Waals surface area contributed by atoms with Gasteiger partial charge >= 0.3 is 5.97 Å². The number of aromatic nitrogens is 2. The van der Waals surface area contributed by atoms with Gasteiger partial charge in [-0.2, -0.15) is 0 Å². The Labute approximate surface area is 203 Å². The molecule has 0 saturated heterocycles. The lowest BCUT2D eigenvalue weighted by molar-refractivity contribution is -0.137. The lowest BCUT2D eigenvalue weighted by Gasteiger charge is -2.21. The van der Waals surface area contributed by atoms with E-state index in [0.717, 1.165) is 44.1 Å². The van der Waals surface area contributed by atoms with E-state index >= 15 is 0 Å². The number of benzene rings is 3. The third-order valence-electron chi connectivity index (χ3n) is 6.48. The number of aryl methyl sites for hydroxylation is 2. The number of aromatic amines is 1. The van der Waals surface area contributed by atoms with Crippen LogP contribution in [0.3, 0.4) is 0 Å². The number of carbonyl (C=O) groups is 2. The number of fused-ring (bicyclic) bond motifs is 2. The number of nitrogens with zero attached hydrogens (tertiary/aromatic N) is 1. The van der Waals surface area contributed by atoms with Gasteiger partial charge in [0.25, 0.3) is 0 Å². The van der Waals surface area contributed by atoms with E-state index < -0.39 is 5.97 Å². The molecule has 6 nitrogen and oxygen atoms in total. The Morgan fingerprint density at radius 3 is 2.66 bits per heavy atom. The number of rotatable bonds is 8. The highest BCUT2D eigenvalue weighted by atomic mass is 16.4. The van der Waals surface area contributed by atoms with Crippen LogP contribution in [0.5, 0.6) is 0 Å². The van der Waals surface area contributed by atoms with Crippen molar-refractivity contribution in [2.45, 2.75) is 25.3 Å². The van der Waals surface area contributed by atoms with Crippen LogP contribution in [-0.2, 0) is 29.5 Å². The van der Waals surface area contributed by atoms with E-state index in [0.29, 0.717) is 6.42 Å². The molecule has 6 heteroatoms. The minimum Gasteiger partial charge on any atom is -0.481 e. The molecule has 35 heavy (non-hydrogen) atoms. The highest BCUT2D eigenvalue weighted by Crippen LogP contribution is 2.30. The van der Waals surface area contributed by atoms with Gasteiger partial charge in [-0.05, 0) is 46.7 Å². The Bertz CT molecular complexity index is 1510. The van der Waals surface area contributed by atoms with E-state index in [1.165, 1.54) is 0 Å². The fraction of sp³-hybridized carbons (Fsp3) is 0.172. The summed E-state index contributed by atoms with van der Waals surface area (Å²) >= 11 is 0. The zero-order chi connectivity index (χ0) is 24.4. The summed E-state index contributed by atoms with van der Waals surface area (Å²) in [5, 5.41) is 14.4. The second kappa shape index (κ2) is 9.50. The van der Waals surface area contributed by atoms with Gasteiger partial charge in [-0.3, -0.25) is 9.59 Å². The molecule has 0 bridgehead atoms. The summed E-state index contributed by atoms with van der Waals surface area (Å²) in [5.74, 6) is -0.901. The maximum atomic E-state index is 13.3. The highest BCUT2D eigenvalue weighted by Gasteiger charge is 2.21. The maximum Gasteiger partial charge on any atom is 0.303 e. The van der Waals surface area contributed by atoms with Crippen LogP contribution in [0.4, 0.5) is 0 Å². The van der Waals surface area contributed by atoms with Gasteiger partial charge in [0, 0.05) is 42.3 Å². The van der Waals surface area contributed by atoms with E-state index in [1.807, 2.05) is 74.0 Å². The minimum absolute atomic E-state index is 0.0706. The molecule has 0 fully saturated rings. The molecule has 2 aromatic heterocycles. The third kappa shape index (κ3) is 4.68. The van der Waals surface area contributed by atoms with Crippen LogP contribution in [0.1, 0.15) is 34.7 Å². The topological polar surface area (TPSA) is 87.1 Å². The zero-order valence-corrected chi connectivity index (χ0v) is 19.5. The Morgan fingerprint density at radius 2 is 1.86 bits per heavy atom. The molecule has 0 radical (unpaired) electrons. The number of hydrogen-bond acceptors (Lipinski definition) is 2. The molecule has 1 atom stereocenters. The van der Waals surface area contributed by atoms with Crippen molar-refractivity contribution in [3.05, 3.63) is 107 Å². The average molecular weight is 466 g/mol. The van der Waals surface area contributed by atoms with Gasteiger partial charge in [-0.15, -0.1) is 0 Å². The fourth-order valence-electron chi connectivity index (χ4n) is 4.79. The first-order valence-corrected chi connectivity index (χ1v) is 11.7. The van der Waals surface area contributed by atoms with Crippen LogP contribution >= 0.6 is 0 Å². The lowest BCUT2D eigenvalue weighted by Crippen LogP contribution is -2.31. The first kappa shape index (κ1) is 22.5. The van der Waals surface area contributed by atoms with Crippen molar-refractivity contribution in [1.29, 1.82) is 0 Å². The smallest absolute Gasteiger partial charge is 0.303 e. The molecule has 0 aliphatic rings.